The van der Waals surface area contributed by atoms with Crippen LogP contribution in [-0.2, 0) is 9.53 Å². The van der Waals surface area contributed by atoms with Crippen molar-refractivity contribution in [2.24, 2.45) is 0 Å². The Morgan fingerprint density at radius 2 is 1.74 bits per heavy atom. The molecular weight excluding hydrogens is 370 g/mol. The number of halogens is 4. The van der Waals surface area contributed by atoms with E-state index in [2.05, 4.69) is 9.72 Å². The van der Waals surface area contributed by atoms with Crippen LogP contribution in [0.4, 0.5) is 23.4 Å². The third-order valence-corrected chi connectivity index (χ3v) is 3.60. The summed E-state index contributed by atoms with van der Waals surface area (Å²) in [5.74, 6) is -4.53. The van der Waals surface area contributed by atoms with E-state index >= 15 is 0 Å². The molecule has 1 heterocycles. The van der Waals surface area contributed by atoms with E-state index in [0.717, 1.165) is 19.2 Å². The topological polar surface area (TPSA) is 81.6 Å². The number of hydrogen-bond donors (Lipinski definition) is 2. The molecule has 0 radical (unpaired) electrons. The Morgan fingerprint density at radius 1 is 1.07 bits per heavy atom. The van der Waals surface area contributed by atoms with Gasteiger partial charge in [0.05, 0.1) is 18.4 Å². The van der Waals surface area contributed by atoms with Gasteiger partial charge in [0.15, 0.2) is 0 Å². The summed E-state index contributed by atoms with van der Waals surface area (Å²) in [6.07, 6.45) is -5.32. The molecule has 1 amide bonds. The maximum atomic E-state index is 13.9. The number of hydrogen-bond acceptors (Lipinski definition) is 4. The predicted octanol–water partition coefficient (Wildman–Crippen LogP) is 2.22. The summed E-state index contributed by atoms with van der Waals surface area (Å²) >= 11 is 0. The minimum absolute atomic E-state index is 0.216. The number of carbonyl (C=O) groups is 2. The third-order valence-electron chi connectivity index (χ3n) is 3.60. The molecule has 0 bridgehead atoms. The van der Waals surface area contributed by atoms with Crippen LogP contribution in [0, 0.1) is 12.7 Å². The lowest BCUT2D eigenvalue weighted by atomic mass is 10.1. The van der Waals surface area contributed by atoms with E-state index in [0.29, 0.717) is 5.69 Å². The SMILES string of the molecule is COC(=O)[C@](NC(=O)c1ccccc1F)(Nc1cccc(C)[nH+]1)C(F)(F)F. The summed E-state index contributed by atoms with van der Waals surface area (Å²) in [7, 11) is 0.736. The van der Waals surface area contributed by atoms with Crippen molar-refractivity contribution in [1.82, 2.24) is 5.32 Å². The van der Waals surface area contributed by atoms with Gasteiger partial charge in [0, 0.05) is 6.07 Å². The van der Waals surface area contributed by atoms with Crippen molar-refractivity contribution in [3.8, 4) is 0 Å². The molecule has 0 aliphatic heterocycles. The van der Waals surface area contributed by atoms with Gasteiger partial charge in [-0.1, -0.05) is 18.2 Å². The third kappa shape index (κ3) is 4.15. The molecule has 0 saturated heterocycles. The molecular formula is C17H16F4N3O3+. The monoisotopic (exact) mass is 386 g/mol. The number of ether oxygens (including phenoxy) is 1. The Balaban J connectivity index is 2.52. The lowest BCUT2D eigenvalue weighted by molar-refractivity contribution is -0.372. The second-order valence-electron chi connectivity index (χ2n) is 5.55. The van der Waals surface area contributed by atoms with E-state index in [1.807, 2.05) is 5.32 Å². The highest BCUT2D eigenvalue weighted by Gasteiger charge is 2.67. The summed E-state index contributed by atoms with van der Waals surface area (Å²) < 4.78 is 59.7. The summed E-state index contributed by atoms with van der Waals surface area (Å²) in [5, 5.41) is 3.47. The van der Waals surface area contributed by atoms with Crippen LogP contribution in [0.3, 0.4) is 0 Å². The van der Waals surface area contributed by atoms with Crippen LogP contribution in [0.15, 0.2) is 42.5 Å². The number of methoxy groups -OCH3 is 1. The lowest BCUT2D eigenvalue weighted by Gasteiger charge is -2.30. The lowest BCUT2D eigenvalue weighted by Crippen LogP contribution is -2.69. The normalized spacial score (nSPS) is 13.4. The van der Waals surface area contributed by atoms with Gasteiger partial charge in [0.1, 0.15) is 5.82 Å². The molecule has 0 aliphatic carbocycles. The molecule has 27 heavy (non-hydrogen) atoms. The molecule has 10 heteroatoms. The van der Waals surface area contributed by atoms with Crippen LogP contribution in [-0.4, -0.2) is 30.8 Å². The van der Waals surface area contributed by atoms with Gasteiger partial charge in [0.2, 0.25) is 0 Å². The molecule has 2 rings (SSSR count). The predicted molar refractivity (Wildman–Crippen MR) is 86.0 cm³/mol. The maximum Gasteiger partial charge on any atom is 0.464 e. The van der Waals surface area contributed by atoms with Crippen LogP contribution < -0.4 is 15.6 Å². The average Bonchev–Trinajstić information content (AvgIpc) is 2.59. The number of anilines is 1. The zero-order valence-corrected chi connectivity index (χ0v) is 14.3. The Morgan fingerprint density at radius 3 is 2.30 bits per heavy atom. The highest BCUT2D eigenvalue weighted by molar-refractivity contribution is 5.99. The van der Waals surface area contributed by atoms with Gasteiger partial charge >= 0.3 is 17.8 Å². The van der Waals surface area contributed by atoms with Crippen molar-refractivity contribution >= 4 is 17.7 Å². The molecule has 0 unspecified atom stereocenters. The van der Waals surface area contributed by atoms with Crippen LogP contribution in [0.5, 0.6) is 0 Å². The van der Waals surface area contributed by atoms with Gasteiger partial charge in [-0.15, -0.1) is 0 Å². The standard InChI is InChI=1S/C17H15F4N3O3/c1-10-6-5-9-13(22-10)23-16(15(26)27-2,17(19,20)21)24-14(25)11-7-3-4-8-12(11)18/h3-9H,1-2H3,(H,22,23)(H,24,25)/p+1/t16-/m1/s1. The first-order valence-corrected chi connectivity index (χ1v) is 7.60. The zero-order chi connectivity index (χ0) is 20.2. The molecule has 6 nitrogen and oxygen atoms in total. The zero-order valence-electron chi connectivity index (χ0n) is 14.3. The number of nitrogens with one attached hydrogen (secondary N) is 3. The number of aryl methyl sites for hydroxylation is 1. The van der Waals surface area contributed by atoms with Gasteiger partial charge in [-0.05, 0) is 25.1 Å². The fourth-order valence-electron chi connectivity index (χ4n) is 2.29. The largest absolute Gasteiger partial charge is 0.464 e. The molecule has 1 aromatic heterocycles. The summed E-state index contributed by atoms with van der Waals surface area (Å²) in [5.41, 5.74) is -3.82. The molecule has 0 spiro atoms. The summed E-state index contributed by atoms with van der Waals surface area (Å²) in [4.78, 5) is 27.0. The van der Waals surface area contributed by atoms with Crippen LogP contribution >= 0.6 is 0 Å². The Kier molecular flexibility index (Phi) is 5.67. The smallest absolute Gasteiger partial charge is 0.464 e. The number of benzene rings is 1. The first-order valence-electron chi connectivity index (χ1n) is 7.60. The van der Waals surface area contributed by atoms with Crippen molar-refractivity contribution in [3.63, 3.8) is 0 Å². The van der Waals surface area contributed by atoms with Crippen LogP contribution in [0.25, 0.3) is 0 Å². The molecule has 144 valence electrons. The maximum absolute atomic E-state index is 13.9. The fraction of sp³-hybridized carbons (Fsp3) is 0.235. The molecule has 0 saturated carbocycles. The first-order chi connectivity index (χ1) is 12.6. The van der Waals surface area contributed by atoms with Crippen molar-refractivity contribution in [1.29, 1.82) is 0 Å². The van der Waals surface area contributed by atoms with E-state index in [-0.39, 0.29) is 5.82 Å². The van der Waals surface area contributed by atoms with Gasteiger partial charge < -0.3 is 4.74 Å². The fourth-order valence-corrected chi connectivity index (χ4v) is 2.29. The van der Waals surface area contributed by atoms with E-state index in [1.165, 1.54) is 29.6 Å². The number of pyridine rings is 1. The summed E-state index contributed by atoms with van der Waals surface area (Å²) in [6, 6.07) is 8.68. The number of rotatable bonds is 5. The number of aromatic amines is 1. The van der Waals surface area contributed by atoms with E-state index in [4.69, 9.17) is 0 Å². The number of esters is 1. The van der Waals surface area contributed by atoms with Crippen LogP contribution in [0.1, 0.15) is 16.1 Å². The quantitative estimate of drug-likeness (QED) is 0.469. The number of aromatic nitrogens is 1. The van der Waals surface area contributed by atoms with E-state index in [1.54, 1.807) is 13.0 Å². The second kappa shape index (κ2) is 7.60. The molecule has 0 aliphatic rings. The molecule has 1 atom stereocenters. The van der Waals surface area contributed by atoms with Gasteiger partial charge in [-0.25, -0.2) is 19.5 Å². The van der Waals surface area contributed by atoms with Gasteiger partial charge in [0.25, 0.3) is 11.7 Å². The van der Waals surface area contributed by atoms with Crippen molar-refractivity contribution in [3.05, 3.63) is 59.5 Å². The molecule has 2 aromatic rings. The van der Waals surface area contributed by atoms with Gasteiger partial charge in [-0.2, -0.15) is 13.2 Å². The van der Waals surface area contributed by atoms with Crippen molar-refractivity contribution < 1.29 is 36.9 Å². The number of carbonyl (C=O) groups excluding carboxylic acids is 2. The first kappa shape index (κ1) is 20.1. The Labute approximate surface area is 151 Å². The average molecular weight is 386 g/mol. The minimum Gasteiger partial charge on any atom is -0.464 e. The minimum atomic E-state index is -5.32. The van der Waals surface area contributed by atoms with Crippen LogP contribution in [0.2, 0.25) is 0 Å². The molecule has 3 N–H and O–H groups in total. The van der Waals surface area contributed by atoms with E-state index in [9.17, 15) is 27.2 Å². The number of alkyl halides is 3. The Bertz CT molecular complexity index is 857. The summed E-state index contributed by atoms with van der Waals surface area (Å²) in [6.45, 7) is 1.58. The van der Waals surface area contributed by atoms with E-state index < -0.39 is 35.1 Å². The number of amides is 1. The molecule has 0 fully saturated rings. The Hall–Kier alpha value is -3.17. The highest BCUT2D eigenvalue weighted by Crippen LogP contribution is 2.32. The number of H-pyrrole nitrogens is 1. The van der Waals surface area contributed by atoms with Crippen molar-refractivity contribution in [2.75, 3.05) is 12.4 Å². The van der Waals surface area contributed by atoms with Crippen molar-refractivity contribution in [2.45, 2.75) is 18.8 Å². The van der Waals surface area contributed by atoms with Gasteiger partial charge in [-0.3, -0.25) is 10.1 Å². The second-order valence-corrected chi connectivity index (χ2v) is 5.55. The molecule has 1 aromatic carbocycles. The highest BCUT2D eigenvalue weighted by atomic mass is 19.4.